The summed E-state index contributed by atoms with van der Waals surface area (Å²) in [4.78, 5) is 22.3. The average Bonchev–Trinajstić information content (AvgIpc) is 2.97. The van der Waals surface area contributed by atoms with E-state index < -0.39 is 0 Å². The summed E-state index contributed by atoms with van der Waals surface area (Å²) in [5.41, 5.74) is 6.02. The van der Waals surface area contributed by atoms with Crippen LogP contribution >= 0.6 is 27.5 Å². The predicted molar refractivity (Wildman–Crippen MR) is 132 cm³/mol. The monoisotopic (exact) mass is 525 g/mol. The second-order valence-electron chi connectivity index (χ2n) is 8.91. The molecule has 3 heterocycles. The first kappa shape index (κ1) is 22.5. The highest BCUT2D eigenvalue weighted by atomic mass is 79.9. The van der Waals surface area contributed by atoms with Gasteiger partial charge in [-0.15, -0.1) is 0 Å². The molecule has 2 aliphatic rings. The zero-order valence-electron chi connectivity index (χ0n) is 18.7. The molecule has 1 atom stereocenters. The van der Waals surface area contributed by atoms with E-state index in [0.717, 1.165) is 59.8 Å². The number of carbonyl (C=O) groups excluding carboxylic acids is 1. The van der Waals surface area contributed by atoms with Crippen molar-refractivity contribution in [3.63, 3.8) is 0 Å². The molecule has 0 N–H and O–H groups in total. The van der Waals surface area contributed by atoms with Crippen molar-refractivity contribution in [2.45, 2.75) is 25.3 Å². The number of piperazine rings is 1. The number of rotatable bonds is 3. The van der Waals surface area contributed by atoms with E-state index in [9.17, 15) is 4.79 Å². The molecule has 1 amide bonds. The van der Waals surface area contributed by atoms with Gasteiger partial charge in [0.25, 0.3) is 0 Å². The Morgan fingerprint density at radius 3 is 2.58 bits per heavy atom. The smallest absolute Gasteiger partial charge is 0.227 e. The van der Waals surface area contributed by atoms with Crippen LogP contribution in [0.4, 0.5) is 0 Å². The molecule has 0 spiro atoms. The highest BCUT2D eigenvalue weighted by Gasteiger charge is 2.33. The number of aryl methyl sites for hydroxylation is 3. The van der Waals surface area contributed by atoms with Crippen molar-refractivity contribution in [1.82, 2.24) is 14.8 Å². The standard InChI is InChI=1S/C26H27BrClN4O/c1-30-8-6-18(7-9-30)14-24(33)31-10-12-32(13-11-31)26-23-5-4-22(28)16-19(23)2-3-20-15-21(27)17-29-25(20)26/h4-9,15-17,26H,2-3,10-14H2,1H3/q+1/t26-/m0/s1. The Kier molecular flexibility index (Phi) is 6.50. The van der Waals surface area contributed by atoms with Gasteiger partial charge >= 0.3 is 0 Å². The van der Waals surface area contributed by atoms with Gasteiger partial charge in [0.1, 0.15) is 7.05 Å². The molecule has 1 aliphatic heterocycles. The third kappa shape index (κ3) is 4.84. The van der Waals surface area contributed by atoms with Crippen molar-refractivity contribution in [3.05, 3.63) is 92.4 Å². The van der Waals surface area contributed by atoms with Crippen molar-refractivity contribution in [1.29, 1.82) is 0 Å². The topological polar surface area (TPSA) is 40.3 Å². The van der Waals surface area contributed by atoms with Gasteiger partial charge in [-0.2, -0.15) is 0 Å². The molecular weight excluding hydrogens is 500 g/mol. The van der Waals surface area contributed by atoms with Crippen LogP contribution in [-0.4, -0.2) is 46.9 Å². The Hall–Kier alpha value is -2.28. The summed E-state index contributed by atoms with van der Waals surface area (Å²) in [7, 11) is 1.98. The molecule has 1 saturated heterocycles. The van der Waals surface area contributed by atoms with E-state index >= 15 is 0 Å². The Labute approximate surface area is 208 Å². The fourth-order valence-corrected chi connectivity index (χ4v) is 5.52. The lowest BCUT2D eigenvalue weighted by atomic mass is 9.96. The Bertz CT molecular complexity index is 1120. The maximum Gasteiger partial charge on any atom is 0.227 e. The van der Waals surface area contributed by atoms with Gasteiger partial charge in [-0.1, -0.05) is 17.7 Å². The molecule has 5 nitrogen and oxygen atoms in total. The lowest BCUT2D eigenvalue weighted by molar-refractivity contribution is -0.671. The van der Waals surface area contributed by atoms with Crippen LogP contribution in [0, 0.1) is 0 Å². The van der Waals surface area contributed by atoms with E-state index in [-0.39, 0.29) is 11.9 Å². The van der Waals surface area contributed by atoms with Gasteiger partial charge in [0.2, 0.25) is 5.91 Å². The summed E-state index contributed by atoms with van der Waals surface area (Å²) in [5.74, 6) is 0.194. The van der Waals surface area contributed by atoms with Gasteiger partial charge in [0.05, 0.1) is 18.2 Å². The van der Waals surface area contributed by atoms with Crippen molar-refractivity contribution in [2.75, 3.05) is 26.2 Å². The molecule has 0 saturated carbocycles. The number of hydrogen-bond acceptors (Lipinski definition) is 3. The summed E-state index contributed by atoms with van der Waals surface area (Å²) in [5, 5.41) is 0.775. The van der Waals surface area contributed by atoms with Crippen molar-refractivity contribution < 1.29 is 9.36 Å². The molecule has 0 radical (unpaired) electrons. The third-order valence-corrected chi connectivity index (χ3v) is 7.39. The summed E-state index contributed by atoms with van der Waals surface area (Å²) in [6.07, 6.45) is 8.21. The molecule has 1 aromatic carbocycles. The zero-order chi connectivity index (χ0) is 22.9. The van der Waals surface area contributed by atoms with Crippen molar-refractivity contribution in [3.8, 4) is 0 Å². The van der Waals surface area contributed by atoms with E-state index in [1.54, 1.807) is 0 Å². The van der Waals surface area contributed by atoms with Crippen LogP contribution in [0.2, 0.25) is 5.02 Å². The molecule has 1 aliphatic carbocycles. The number of aromatic nitrogens is 2. The zero-order valence-corrected chi connectivity index (χ0v) is 21.0. The van der Waals surface area contributed by atoms with Crippen LogP contribution < -0.4 is 4.57 Å². The minimum atomic E-state index is 0.0780. The molecule has 170 valence electrons. The van der Waals surface area contributed by atoms with Crippen LogP contribution in [0.3, 0.4) is 0 Å². The van der Waals surface area contributed by atoms with Crippen LogP contribution in [0.1, 0.15) is 34.0 Å². The predicted octanol–water partition coefficient (Wildman–Crippen LogP) is 3.90. The maximum absolute atomic E-state index is 12.9. The summed E-state index contributed by atoms with van der Waals surface area (Å²) < 4.78 is 2.99. The summed E-state index contributed by atoms with van der Waals surface area (Å²) in [6, 6.07) is 12.6. The molecular formula is C26H27BrClN4O+. The first-order valence-electron chi connectivity index (χ1n) is 11.4. The highest BCUT2D eigenvalue weighted by Crippen LogP contribution is 2.38. The molecule has 5 rings (SSSR count). The van der Waals surface area contributed by atoms with E-state index in [2.05, 4.69) is 39.0 Å². The first-order valence-corrected chi connectivity index (χ1v) is 12.5. The van der Waals surface area contributed by atoms with Crippen molar-refractivity contribution >= 4 is 33.4 Å². The first-order chi connectivity index (χ1) is 16.0. The lowest BCUT2D eigenvalue weighted by Gasteiger charge is -2.40. The number of amides is 1. The highest BCUT2D eigenvalue weighted by molar-refractivity contribution is 9.10. The van der Waals surface area contributed by atoms with Crippen molar-refractivity contribution in [2.24, 2.45) is 7.05 Å². The minimum Gasteiger partial charge on any atom is -0.340 e. The van der Waals surface area contributed by atoms with Gasteiger partial charge in [-0.3, -0.25) is 14.7 Å². The third-order valence-electron chi connectivity index (χ3n) is 6.73. The van der Waals surface area contributed by atoms with Gasteiger partial charge in [-0.25, -0.2) is 4.57 Å². The Morgan fingerprint density at radius 1 is 1.09 bits per heavy atom. The van der Waals surface area contributed by atoms with Crippen LogP contribution in [0.5, 0.6) is 0 Å². The summed E-state index contributed by atoms with van der Waals surface area (Å²) in [6.45, 7) is 3.09. The van der Waals surface area contributed by atoms with E-state index in [4.69, 9.17) is 16.6 Å². The van der Waals surface area contributed by atoms with E-state index in [0.29, 0.717) is 6.42 Å². The molecule has 7 heteroatoms. The second kappa shape index (κ2) is 9.53. The quantitative estimate of drug-likeness (QED) is 0.486. The number of fused-ring (bicyclic) bond motifs is 2. The molecule has 2 aromatic heterocycles. The number of pyridine rings is 2. The molecule has 0 bridgehead atoms. The number of carbonyl (C=O) groups is 1. The second-order valence-corrected chi connectivity index (χ2v) is 10.3. The van der Waals surface area contributed by atoms with E-state index in [1.807, 2.05) is 53.3 Å². The number of benzene rings is 1. The van der Waals surface area contributed by atoms with Gasteiger partial charge < -0.3 is 4.90 Å². The largest absolute Gasteiger partial charge is 0.340 e. The number of nitrogens with zero attached hydrogens (tertiary/aromatic N) is 4. The SMILES string of the molecule is C[n+]1ccc(CC(=O)N2CCN([C@H]3c4ccc(Cl)cc4CCc4cc(Br)cnc43)CC2)cc1. The molecule has 0 unspecified atom stereocenters. The van der Waals surface area contributed by atoms with Crippen LogP contribution in [0.15, 0.2) is 59.5 Å². The summed E-state index contributed by atoms with van der Waals surface area (Å²) >= 11 is 9.94. The fourth-order valence-electron chi connectivity index (χ4n) is 4.95. The average molecular weight is 527 g/mol. The van der Waals surface area contributed by atoms with E-state index in [1.165, 1.54) is 16.7 Å². The Balaban J connectivity index is 1.36. The lowest BCUT2D eigenvalue weighted by Crippen LogP contribution is -2.50. The van der Waals surface area contributed by atoms with Gasteiger partial charge in [-0.05, 0) is 69.2 Å². The van der Waals surface area contributed by atoms with Gasteiger partial charge in [0, 0.05) is 54.0 Å². The molecule has 3 aromatic rings. The molecule has 1 fully saturated rings. The Morgan fingerprint density at radius 2 is 1.82 bits per heavy atom. The normalized spacial score (nSPS) is 18.4. The number of hydrogen-bond donors (Lipinski definition) is 0. The minimum absolute atomic E-state index is 0.0780. The number of halogens is 2. The van der Waals surface area contributed by atoms with Crippen LogP contribution in [0.25, 0.3) is 0 Å². The fraction of sp³-hybridized carbons (Fsp3) is 0.346. The van der Waals surface area contributed by atoms with Crippen LogP contribution in [-0.2, 0) is 31.1 Å². The molecule has 33 heavy (non-hydrogen) atoms. The van der Waals surface area contributed by atoms with Gasteiger partial charge in [0.15, 0.2) is 12.4 Å². The maximum atomic E-state index is 12.9.